The van der Waals surface area contributed by atoms with Gasteiger partial charge in [-0.1, -0.05) is 23.1 Å². The van der Waals surface area contributed by atoms with Crippen LogP contribution in [0.4, 0.5) is 5.13 Å². The number of hydrogen-bond acceptors (Lipinski definition) is 8. The van der Waals surface area contributed by atoms with Crippen molar-refractivity contribution in [1.82, 2.24) is 14.8 Å². The molecule has 0 spiro atoms. The molecule has 0 aliphatic heterocycles. The lowest BCUT2D eigenvalue weighted by atomic mass is 10.2. The maximum absolute atomic E-state index is 12.5. The van der Waals surface area contributed by atoms with Crippen molar-refractivity contribution in [2.75, 3.05) is 25.2 Å². The monoisotopic (exact) mass is 368 g/mol. The minimum Gasteiger partial charge on any atom is -0.469 e. The van der Waals surface area contributed by atoms with Crippen molar-refractivity contribution in [1.29, 1.82) is 0 Å². The van der Waals surface area contributed by atoms with Crippen LogP contribution in [0, 0.1) is 13.8 Å². The number of thioether (sulfide) groups is 1. The predicted octanol–water partition coefficient (Wildman–Crippen LogP) is 2.54. The molecule has 9 heteroatoms. The second-order valence-corrected chi connectivity index (χ2v) is 7.30. The normalized spacial score (nSPS) is 10.7. The van der Waals surface area contributed by atoms with E-state index >= 15 is 0 Å². The third-order valence-electron chi connectivity index (χ3n) is 3.59. The Morgan fingerprint density at radius 2 is 2.12 bits per heavy atom. The number of anilines is 1. The molecule has 7 nitrogen and oxygen atoms in total. The second kappa shape index (κ2) is 8.29. The number of esters is 1. The zero-order valence-corrected chi connectivity index (χ0v) is 15.7. The maximum atomic E-state index is 12.5. The predicted molar refractivity (Wildman–Crippen MR) is 95.0 cm³/mol. The van der Waals surface area contributed by atoms with E-state index in [0.29, 0.717) is 17.9 Å². The van der Waals surface area contributed by atoms with Crippen molar-refractivity contribution in [2.24, 2.45) is 0 Å². The van der Waals surface area contributed by atoms with Crippen LogP contribution in [0.15, 0.2) is 10.4 Å². The molecule has 0 aliphatic rings. The van der Waals surface area contributed by atoms with Gasteiger partial charge in [0.1, 0.15) is 0 Å². The second-order valence-electron chi connectivity index (χ2n) is 5.10. The number of Topliss-reactive ketones (excluding diaryl/α,β-unsaturated/α-hetero) is 1. The van der Waals surface area contributed by atoms with Crippen LogP contribution >= 0.6 is 23.1 Å². The van der Waals surface area contributed by atoms with Gasteiger partial charge in [0, 0.05) is 30.5 Å². The summed E-state index contributed by atoms with van der Waals surface area (Å²) in [7, 11) is 3.15. The Hall–Kier alpha value is -1.87. The molecule has 2 rings (SSSR count). The number of nitrogens with zero attached hydrogens (tertiary/aromatic N) is 3. The summed E-state index contributed by atoms with van der Waals surface area (Å²) >= 11 is 2.79. The highest BCUT2D eigenvalue weighted by Gasteiger charge is 2.17. The van der Waals surface area contributed by atoms with Crippen molar-refractivity contribution in [3.8, 4) is 0 Å². The van der Waals surface area contributed by atoms with E-state index in [4.69, 9.17) is 0 Å². The number of ketones is 1. The van der Waals surface area contributed by atoms with Gasteiger partial charge in [-0.25, -0.2) is 0 Å². The molecule has 0 radical (unpaired) electrons. The summed E-state index contributed by atoms with van der Waals surface area (Å²) in [5.41, 5.74) is 2.51. The highest BCUT2D eigenvalue weighted by Crippen LogP contribution is 2.26. The van der Waals surface area contributed by atoms with Gasteiger partial charge < -0.3 is 14.6 Å². The number of ether oxygens (including phenoxy) is 1. The third-order valence-corrected chi connectivity index (χ3v) is 5.66. The molecule has 0 amide bonds. The Bertz CT molecular complexity index is 739. The summed E-state index contributed by atoms with van der Waals surface area (Å²) < 4.78 is 7.39. The first-order chi connectivity index (χ1) is 11.5. The molecule has 0 saturated heterocycles. The lowest BCUT2D eigenvalue weighted by molar-refractivity contribution is -0.140. The molecule has 0 saturated carbocycles. The summed E-state index contributed by atoms with van der Waals surface area (Å²) in [6.45, 7) is 4.33. The van der Waals surface area contributed by atoms with Gasteiger partial charge >= 0.3 is 5.97 Å². The Morgan fingerprint density at radius 3 is 2.75 bits per heavy atom. The summed E-state index contributed by atoms with van der Waals surface area (Å²) in [5.74, 6) is 0.0841. The van der Waals surface area contributed by atoms with Crippen molar-refractivity contribution >= 4 is 40.0 Å². The van der Waals surface area contributed by atoms with E-state index in [1.165, 1.54) is 30.2 Å². The molecule has 1 N–H and O–H groups in total. The molecule has 0 aliphatic carbocycles. The molecule has 24 heavy (non-hydrogen) atoms. The van der Waals surface area contributed by atoms with Crippen LogP contribution in [0.2, 0.25) is 0 Å². The van der Waals surface area contributed by atoms with E-state index in [1.807, 2.05) is 24.5 Å². The van der Waals surface area contributed by atoms with Gasteiger partial charge in [-0.05, 0) is 19.9 Å². The molecule has 130 valence electrons. The van der Waals surface area contributed by atoms with E-state index in [-0.39, 0.29) is 18.2 Å². The van der Waals surface area contributed by atoms with Crippen molar-refractivity contribution in [3.05, 3.63) is 23.0 Å². The number of nitrogens with one attached hydrogen (secondary N) is 1. The highest BCUT2D eigenvalue weighted by molar-refractivity contribution is 8.01. The smallest absolute Gasteiger partial charge is 0.307 e. The number of carbonyl (C=O) groups excluding carboxylic acids is 2. The van der Waals surface area contributed by atoms with Crippen molar-refractivity contribution in [2.45, 2.75) is 31.2 Å². The Kier molecular flexibility index (Phi) is 6.38. The maximum Gasteiger partial charge on any atom is 0.307 e. The Morgan fingerprint density at radius 1 is 1.38 bits per heavy atom. The number of aromatic nitrogens is 3. The Balaban J connectivity index is 2.02. The third kappa shape index (κ3) is 4.35. The number of hydrogen-bond donors (Lipinski definition) is 1. The lowest BCUT2D eigenvalue weighted by Crippen LogP contribution is -2.10. The molecule has 0 bridgehead atoms. The van der Waals surface area contributed by atoms with Gasteiger partial charge in [0.25, 0.3) is 0 Å². The fraction of sp³-hybridized carbons (Fsp3) is 0.467. The first-order valence-electron chi connectivity index (χ1n) is 7.37. The molecule has 0 unspecified atom stereocenters. The molecule has 2 heterocycles. The van der Waals surface area contributed by atoms with Gasteiger partial charge in [-0.2, -0.15) is 0 Å². The van der Waals surface area contributed by atoms with Crippen LogP contribution in [0.25, 0.3) is 0 Å². The Labute approximate surface area is 148 Å². The van der Waals surface area contributed by atoms with E-state index in [2.05, 4.69) is 20.3 Å². The van der Waals surface area contributed by atoms with E-state index in [0.717, 1.165) is 20.9 Å². The number of rotatable bonds is 8. The lowest BCUT2D eigenvalue weighted by Gasteiger charge is -2.08. The van der Waals surface area contributed by atoms with Crippen molar-refractivity contribution < 1.29 is 14.3 Å². The molecular formula is C15H20N4O3S2. The van der Waals surface area contributed by atoms with Crippen molar-refractivity contribution in [3.63, 3.8) is 0 Å². The fourth-order valence-corrected chi connectivity index (χ4v) is 3.90. The SMILES string of the molecule is CNc1nnc(SCC(=O)c2cc(C)n(CCC(=O)OC)c2C)s1. The zero-order valence-electron chi connectivity index (χ0n) is 14.1. The van der Waals surface area contributed by atoms with E-state index < -0.39 is 0 Å². The van der Waals surface area contributed by atoms with Gasteiger partial charge in [-0.15, -0.1) is 10.2 Å². The highest BCUT2D eigenvalue weighted by atomic mass is 32.2. The first-order valence-corrected chi connectivity index (χ1v) is 9.17. The number of aryl methyl sites for hydroxylation is 1. The average Bonchev–Trinajstić information content (AvgIpc) is 3.15. The number of carbonyl (C=O) groups is 2. The molecule has 0 fully saturated rings. The van der Waals surface area contributed by atoms with Crippen LogP contribution in [0.1, 0.15) is 28.2 Å². The molecule has 0 aromatic carbocycles. The number of methoxy groups -OCH3 is 1. The largest absolute Gasteiger partial charge is 0.469 e. The quantitative estimate of drug-likeness (QED) is 0.435. The van der Waals surface area contributed by atoms with Gasteiger partial charge in [0.05, 0.1) is 19.3 Å². The van der Waals surface area contributed by atoms with Crippen LogP contribution in [0.3, 0.4) is 0 Å². The minimum atomic E-state index is -0.262. The standard InChI is InChI=1S/C15H20N4O3S2/c1-9-7-11(10(2)19(9)6-5-13(21)22-4)12(20)8-23-15-18-17-14(16-3)24-15/h7H,5-6,8H2,1-4H3,(H,16,17). The minimum absolute atomic E-state index is 0.0404. The van der Waals surface area contributed by atoms with Gasteiger partial charge in [-0.3, -0.25) is 9.59 Å². The van der Waals surface area contributed by atoms with Gasteiger partial charge in [0.15, 0.2) is 10.1 Å². The molecular weight excluding hydrogens is 348 g/mol. The van der Waals surface area contributed by atoms with E-state index in [9.17, 15) is 9.59 Å². The topological polar surface area (TPSA) is 86.1 Å². The first kappa shape index (κ1) is 18.5. The van der Waals surface area contributed by atoms with Crippen LogP contribution in [0.5, 0.6) is 0 Å². The summed E-state index contributed by atoms with van der Waals surface area (Å²) in [6.07, 6.45) is 0.285. The van der Waals surface area contributed by atoms with Crippen LogP contribution in [-0.2, 0) is 16.1 Å². The molecule has 2 aromatic rings. The summed E-state index contributed by atoms with van der Waals surface area (Å²) in [4.78, 5) is 23.8. The van der Waals surface area contributed by atoms with Crippen LogP contribution < -0.4 is 5.32 Å². The molecule has 0 atom stereocenters. The van der Waals surface area contributed by atoms with Gasteiger partial charge in [0.2, 0.25) is 5.13 Å². The summed E-state index contributed by atoms with van der Waals surface area (Å²) in [5, 5.41) is 11.6. The summed E-state index contributed by atoms with van der Waals surface area (Å²) in [6, 6.07) is 1.87. The fourth-order valence-electron chi connectivity index (χ4n) is 2.31. The zero-order chi connectivity index (χ0) is 17.7. The van der Waals surface area contributed by atoms with E-state index in [1.54, 1.807) is 7.05 Å². The van der Waals surface area contributed by atoms with Crippen LogP contribution in [-0.4, -0.2) is 46.4 Å². The average molecular weight is 368 g/mol. The molecule has 2 aromatic heterocycles.